The summed E-state index contributed by atoms with van der Waals surface area (Å²) in [6, 6.07) is 0. The molecule has 2 N–H and O–H groups in total. The molecule has 42 valence electrons. The van der Waals surface area contributed by atoms with Crippen molar-refractivity contribution in [2.75, 3.05) is 13.1 Å². The van der Waals surface area contributed by atoms with Crippen molar-refractivity contribution in [1.82, 2.24) is 0 Å². The molecule has 0 atom stereocenters. The quantitative estimate of drug-likeness (QED) is 0.314. The van der Waals surface area contributed by atoms with Crippen molar-refractivity contribution >= 4 is 6.21 Å². The molecule has 0 aromatic carbocycles. The number of hydrogen-bond donors (Lipinski definition) is 1. The van der Waals surface area contributed by atoms with Crippen molar-refractivity contribution in [3.63, 3.8) is 0 Å². The summed E-state index contributed by atoms with van der Waals surface area (Å²) in [4.78, 5) is 3.84. The van der Waals surface area contributed by atoms with Crippen LogP contribution in [0.2, 0.25) is 0 Å². The maximum Gasteiger partial charge on any atom is 1.00 e. The van der Waals surface area contributed by atoms with Crippen molar-refractivity contribution in [1.29, 1.82) is 0 Å². The predicted molar refractivity (Wildman–Crippen MR) is 31.4 cm³/mol. The molecule has 0 saturated carbocycles. The van der Waals surface area contributed by atoms with Gasteiger partial charge in [0.2, 0.25) is 0 Å². The van der Waals surface area contributed by atoms with Crippen LogP contribution in [0.5, 0.6) is 0 Å². The Bertz CT molecular complexity index is 58.8. The largest absolute Gasteiger partial charge is 1.00 e. The van der Waals surface area contributed by atoms with Crippen LogP contribution in [0.4, 0.5) is 0 Å². The summed E-state index contributed by atoms with van der Waals surface area (Å²) in [6.45, 7) is 3.30. The van der Waals surface area contributed by atoms with Crippen LogP contribution in [0.25, 0.3) is 0 Å². The van der Waals surface area contributed by atoms with E-state index in [1.54, 1.807) is 6.21 Å². The van der Waals surface area contributed by atoms with E-state index < -0.39 is 0 Å². The second-order valence-electron chi connectivity index (χ2n) is 0.953. The van der Waals surface area contributed by atoms with Gasteiger partial charge < -0.3 is 10.0 Å². The van der Waals surface area contributed by atoms with Crippen LogP contribution < -0.4 is 94.4 Å². The Morgan fingerprint density at radius 3 is 2.00 bits per heavy atom. The third kappa shape index (κ3) is 25.0. The molecule has 5 heteroatoms. The fourth-order valence-electron chi connectivity index (χ4n) is 0.204. The Kier molecular flexibility index (Phi) is 56.2. The molecule has 0 unspecified atom stereocenters. The van der Waals surface area contributed by atoms with Crippen molar-refractivity contribution in [2.24, 2.45) is 10.7 Å². The predicted octanol–water partition coefficient (Wildman–Crippen LogP) is -8.61. The van der Waals surface area contributed by atoms with Crippen molar-refractivity contribution in [2.45, 2.75) is 6.92 Å². The topological polar surface area (TPSA) is 38.4 Å². The van der Waals surface area contributed by atoms with Gasteiger partial charge in [0.1, 0.15) is 0 Å². The van der Waals surface area contributed by atoms with E-state index in [9.17, 15) is 0 Å². The van der Waals surface area contributed by atoms with Gasteiger partial charge in [0.05, 0.1) is 6.54 Å². The Balaban J connectivity index is -0.00000000833. The van der Waals surface area contributed by atoms with Gasteiger partial charge in [-0.05, 0) is 13.1 Å². The maximum absolute atomic E-state index is 5.10. The molecule has 0 aliphatic carbocycles. The summed E-state index contributed by atoms with van der Waals surface area (Å²) >= 11 is 0. The fraction of sp³-hybridized carbons (Fsp3) is 0.750. The summed E-state index contributed by atoms with van der Waals surface area (Å²) in [5, 5.41) is 0. The van der Waals surface area contributed by atoms with Gasteiger partial charge in [-0.25, -0.2) is 0 Å². The molecule has 0 aromatic rings. The van der Waals surface area contributed by atoms with Crippen LogP contribution in [0.1, 0.15) is 11.2 Å². The molecule has 0 radical (unpaired) electrons. The molecule has 0 aliphatic heterocycles. The summed E-state index contributed by atoms with van der Waals surface area (Å²) in [5.41, 5.74) is 5.10. The molecule has 0 amide bonds. The Labute approximate surface area is 128 Å². The Hall–Kier alpha value is 2.63. The summed E-state index contributed by atoms with van der Waals surface area (Å²) in [5.74, 6) is 0. The van der Waals surface area contributed by atoms with Gasteiger partial charge in [-0.3, -0.25) is 4.99 Å². The SMILES string of the molecule is CC=NCCN.[H-].[H-].[H-].[Na+].[Na+].[Na+]. The van der Waals surface area contributed by atoms with Gasteiger partial charge in [0, 0.05) is 6.54 Å². The van der Waals surface area contributed by atoms with Gasteiger partial charge in [0.25, 0.3) is 0 Å². The summed E-state index contributed by atoms with van der Waals surface area (Å²) < 4.78 is 0. The van der Waals surface area contributed by atoms with E-state index in [2.05, 4.69) is 4.99 Å². The maximum atomic E-state index is 5.10. The first-order valence-electron chi connectivity index (χ1n) is 2.06. The first-order valence-corrected chi connectivity index (χ1v) is 2.06. The zero-order chi connectivity index (χ0) is 4.83. The zero-order valence-corrected chi connectivity index (χ0v) is 13.0. The molecule has 0 fully saturated rings. The van der Waals surface area contributed by atoms with E-state index in [0.29, 0.717) is 6.54 Å². The van der Waals surface area contributed by atoms with E-state index >= 15 is 0 Å². The van der Waals surface area contributed by atoms with Crippen LogP contribution >= 0.6 is 0 Å². The van der Waals surface area contributed by atoms with Crippen LogP contribution in [0.3, 0.4) is 0 Å². The molecule has 0 heterocycles. The molecule has 9 heavy (non-hydrogen) atoms. The van der Waals surface area contributed by atoms with E-state index in [1.165, 1.54) is 0 Å². The van der Waals surface area contributed by atoms with Gasteiger partial charge in [-0.2, -0.15) is 0 Å². The van der Waals surface area contributed by atoms with Gasteiger partial charge in [-0.15, -0.1) is 0 Å². The first-order chi connectivity index (χ1) is 2.91. The van der Waals surface area contributed by atoms with Crippen molar-refractivity contribution < 1.29 is 93.0 Å². The van der Waals surface area contributed by atoms with Crippen LogP contribution in [-0.4, -0.2) is 19.3 Å². The number of rotatable bonds is 2. The molecule has 0 bridgehead atoms. The Morgan fingerprint density at radius 2 is 1.89 bits per heavy atom. The summed E-state index contributed by atoms with van der Waals surface area (Å²) in [7, 11) is 0. The van der Waals surface area contributed by atoms with E-state index in [-0.39, 0.29) is 93.0 Å². The average Bonchev–Trinajstić information content (AvgIpc) is 1.61. The number of aliphatic imine (C=N–C) groups is 1. The zero-order valence-electron chi connectivity index (χ0n) is 10.0. The smallest absolute Gasteiger partial charge is 1.00 e. The number of hydrogen-bond acceptors (Lipinski definition) is 2. The second kappa shape index (κ2) is 22.4. The molecule has 0 saturated heterocycles. The van der Waals surface area contributed by atoms with Crippen LogP contribution in [0, 0.1) is 0 Å². The van der Waals surface area contributed by atoms with E-state index in [4.69, 9.17) is 5.73 Å². The van der Waals surface area contributed by atoms with Crippen molar-refractivity contribution in [3.05, 3.63) is 0 Å². The van der Waals surface area contributed by atoms with Gasteiger partial charge in [0.15, 0.2) is 0 Å². The fourth-order valence-corrected chi connectivity index (χ4v) is 0.204. The molecular formula is C4H13N2Na3. The Morgan fingerprint density at radius 1 is 1.44 bits per heavy atom. The molecule has 2 nitrogen and oxygen atoms in total. The third-order valence-corrected chi connectivity index (χ3v) is 0.441. The van der Waals surface area contributed by atoms with Crippen LogP contribution in [0.15, 0.2) is 4.99 Å². The van der Waals surface area contributed by atoms with E-state index in [1.807, 2.05) is 6.92 Å². The standard InChI is InChI=1S/C4H10N2.3Na.3H/c1-2-6-4-3-5;;;;;;/h2H,3-5H2,1H3;;;;;;/q;3*+1;3*-1. The van der Waals surface area contributed by atoms with Crippen molar-refractivity contribution in [3.8, 4) is 0 Å². The molecule has 0 aromatic heterocycles. The minimum Gasteiger partial charge on any atom is -1.00 e. The minimum absolute atomic E-state index is 0. The van der Waals surface area contributed by atoms with E-state index in [0.717, 1.165) is 6.54 Å². The van der Waals surface area contributed by atoms with Crippen LogP contribution in [-0.2, 0) is 0 Å². The minimum atomic E-state index is 0. The average molecular weight is 158 g/mol. The molecule has 0 aliphatic rings. The second-order valence-corrected chi connectivity index (χ2v) is 0.953. The van der Waals surface area contributed by atoms with Gasteiger partial charge in [-0.1, -0.05) is 0 Å². The third-order valence-electron chi connectivity index (χ3n) is 0.441. The number of nitrogens with zero attached hydrogens (tertiary/aromatic N) is 1. The molecule has 0 rings (SSSR count). The molecule has 0 spiro atoms. The monoisotopic (exact) mass is 158 g/mol. The molecular weight excluding hydrogens is 145 g/mol. The summed E-state index contributed by atoms with van der Waals surface area (Å²) in [6.07, 6.45) is 1.76. The number of nitrogens with two attached hydrogens (primary N) is 1. The first kappa shape index (κ1) is 22.6. The normalized spacial score (nSPS) is 6.89. The van der Waals surface area contributed by atoms with Gasteiger partial charge >= 0.3 is 88.7 Å².